The lowest BCUT2D eigenvalue weighted by atomic mass is 10.1. The van der Waals surface area contributed by atoms with Crippen LogP contribution in [0.1, 0.15) is 5.56 Å². The minimum absolute atomic E-state index is 0.0722. The van der Waals surface area contributed by atoms with Gasteiger partial charge in [-0.25, -0.2) is 4.98 Å². The number of hydrogen-bond donors (Lipinski definition) is 1. The molecule has 6 nitrogen and oxygen atoms in total. The Hall–Kier alpha value is -3.41. The van der Waals surface area contributed by atoms with Gasteiger partial charge in [0.05, 0.1) is 25.6 Å². The van der Waals surface area contributed by atoms with E-state index in [0.29, 0.717) is 25.2 Å². The van der Waals surface area contributed by atoms with Gasteiger partial charge in [-0.1, -0.05) is 30.3 Å². The van der Waals surface area contributed by atoms with Crippen molar-refractivity contribution in [3.63, 3.8) is 0 Å². The van der Waals surface area contributed by atoms with Crippen molar-refractivity contribution in [3.8, 4) is 17.0 Å². The van der Waals surface area contributed by atoms with Crippen molar-refractivity contribution >= 4 is 5.91 Å². The molecule has 27 heavy (non-hydrogen) atoms. The fraction of sp³-hybridized carbons (Fsp3) is 0.190. The molecule has 0 atom stereocenters. The van der Waals surface area contributed by atoms with E-state index >= 15 is 0 Å². The monoisotopic (exact) mass is 363 g/mol. The number of aromatic nitrogens is 2. The molecule has 0 aliphatic rings. The van der Waals surface area contributed by atoms with Crippen molar-refractivity contribution in [2.24, 2.45) is 0 Å². The van der Waals surface area contributed by atoms with E-state index in [4.69, 9.17) is 4.74 Å². The first kappa shape index (κ1) is 18.4. The number of nitrogens with one attached hydrogen (secondary N) is 1. The number of amides is 1. The fourth-order valence-corrected chi connectivity index (χ4v) is 2.67. The number of carbonyl (C=O) groups is 1. The van der Waals surface area contributed by atoms with E-state index in [1.54, 1.807) is 7.11 Å². The lowest BCUT2D eigenvalue weighted by molar-refractivity contribution is -0.120. The normalized spacial score (nSPS) is 10.4. The summed E-state index contributed by atoms with van der Waals surface area (Å²) in [5.74, 6) is 0.676. The summed E-state index contributed by atoms with van der Waals surface area (Å²) in [6.45, 7) is 0.740. The molecule has 0 saturated heterocycles. The summed E-state index contributed by atoms with van der Waals surface area (Å²) in [5, 5.41) is 2.83. The largest absolute Gasteiger partial charge is 0.497 e. The maximum Gasteiger partial charge on any atom is 0.253 e. The smallest absolute Gasteiger partial charge is 0.253 e. The Balaban J connectivity index is 1.56. The molecule has 0 aliphatic heterocycles. The van der Waals surface area contributed by atoms with Gasteiger partial charge in [-0.3, -0.25) is 14.2 Å². The molecule has 3 rings (SSSR count). The van der Waals surface area contributed by atoms with Crippen molar-refractivity contribution in [3.05, 3.63) is 82.9 Å². The third-order valence-corrected chi connectivity index (χ3v) is 4.15. The van der Waals surface area contributed by atoms with Crippen LogP contribution in [0.2, 0.25) is 0 Å². The predicted molar refractivity (Wildman–Crippen MR) is 104 cm³/mol. The Kier molecular flexibility index (Phi) is 5.99. The van der Waals surface area contributed by atoms with Gasteiger partial charge in [-0.15, -0.1) is 0 Å². The molecule has 138 valence electrons. The molecule has 0 saturated carbocycles. The van der Waals surface area contributed by atoms with Gasteiger partial charge in [0.15, 0.2) is 0 Å². The molecular weight excluding hydrogens is 342 g/mol. The Morgan fingerprint density at radius 2 is 1.85 bits per heavy atom. The average Bonchev–Trinajstić information content (AvgIpc) is 2.70. The van der Waals surface area contributed by atoms with E-state index in [-0.39, 0.29) is 11.5 Å². The topological polar surface area (TPSA) is 73.2 Å². The molecule has 6 heteroatoms. The van der Waals surface area contributed by atoms with Crippen molar-refractivity contribution in [2.75, 3.05) is 13.7 Å². The molecule has 1 aromatic heterocycles. The van der Waals surface area contributed by atoms with Crippen LogP contribution in [0.4, 0.5) is 0 Å². The van der Waals surface area contributed by atoms with E-state index in [2.05, 4.69) is 10.3 Å². The SMILES string of the molecule is COc1ccc(-c2cc(=O)n(CCNC(=O)Cc3ccccc3)cn2)cc1. The zero-order valence-electron chi connectivity index (χ0n) is 15.1. The van der Waals surface area contributed by atoms with Crippen molar-refractivity contribution in [1.82, 2.24) is 14.9 Å². The maximum atomic E-state index is 12.3. The second-order valence-electron chi connectivity index (χ2n) is 6.05. The van der Waals surface area contributed by atoms with Gasteiger partial charge in [0, 0.05) is 24.7 Å². The number of hydrogen-bond acceptors (Lipinski definition) is 4. The first-order chi connectivity index (χ1) is 13.2. The lowest BCUT2D eigenvalue weighted by Crippen LogP contribution is -2.31. The van der Waals surface area contributed by atoms with Crippen LogP contribution in [0.3, 0.4) is 0 Å². The van der Waals surface area contributed by atoms with Crippen molar-refractivity contribution < 1.29 is 9.53 Å². The molecule has 0 fully saturated rings. The predicted octanol–water partition coefficient (Wildman–Crippen LogP) is 2.28. The summed E-state index contributed by atoms with van der Waals surface area (Å²) < 4.78 is 6.61. The van der Waals surface area contributed by atoms with E-state index < -0.39 is 0 Å². The highest BCUT2D eigenvalue weighted by molar-refractivity contribution is 5.78. The van der Waals surface area contributed by atoms with E-state index in [1.807, 2.05) is 54.6 Å². The van der Waals surface area contributed by atoms with Crippen LogP contribution in [-0.2, 0) is 17.8 Å². The maximum absolute atomic E-state index is 12.3. The van der Waals surface area contributed by atoms with Gasteiger partial charge in [-0.05, 0) is 29.8 Å². The highest BCUT2D eigenvalue weighted by Crippen LogP contribution is 2.19. The number of ether oxygens (including phenoxy) is 1. The Labute approximate surface area is 157 Å². The Morgan fingerprint density at radius 1 is 1.11 bits per heavy atom. The quantitative estimate of drug-likeness (QED) is 0.699. The first-order valence-electron chi connectivity index (χ1n) is 8.67. The van der Waals surface area contributed by atoms with Crippen LogP contribution in [0.15, 0.2) is 71.8 Å². The van der Waals surface area contributed by atoms with Crippen LogP contribution in [0.25, 0.3) is 11.3 Å². The molecule has 0 bridgehead atoms. The fourth-order valence-electron chi connectivity index (χ4n) is 2.67. The first-order valence-corrected chi connectivity index (χ1v) is 8.67. The molecule has 2 aromatic carbocycles. The van der Waals surface area contributed by atoms with E-state index in [0.717, 1.165) is 16.9 Å². The van der Waals surface area contributed by atoms with Crippen molar-refractivity contribution in [1.29, 1.82) is 0 Å². The second-order valence-corrected chi connectivity index (χ2v) is 6.05. The third kappa shape index (κ3) is 5.04. The summed E-state index contributed by atoms with van der Waals surface area (Å²) in [5.41, 5.74) is 2.24. The number of methoxy groups -OCH3 is 1. The molecule has 3 aromatic rings. The second kappa shape index (κ2) is 8.80. The molecule has 0 radical (unpaired) electrons. The average molecular weight is 363 g/mol. The summed E-state index contributed by atoms with van der Waals surface area (Å²) in [4.78, 5) is 28.6. The highest BCUT2D eigenvalue weighted by atomic mass is 16.5. The minimum atomic E-state index is -0.159. The Morgan fingerprint density at radius 3 is 2.52 bits per heavy atom. The minimum Gasteiger partial charge on any atom is -0.497 e. The van der Waals surface area contributed by atoms with Gasteiger partial charge >= 0.3 is 0 Å². The van der Waals surface area contributed by atoms with Crippen molar-refractivity contribution in [2.45, 2.75) is 13.0 Å². The van der Waals surface area contributed by atoms with Crippen LogP contribution in [0, 0.1) is 0 Å². The van der Waals surface area contributed by atoms with E-state index in [1.165, 1.54) is 17.0 Å². The molecule has 0 spiro atoms. The zero-order valence-corrected chi connectivity index (χ0v) is 15.1. The van der Waals surface area contributed by atoms with Crippen LogP contribution < -0.4 is 15.6 Å². The van der Waals surface area contributed by atoms with Crippen LogP contribution in [-0.4, -0.2) is 29.1 Å². The van der Waals surface area contributed by atoms with Crippen LogP contribution >= 0.6 is 0 Å². The van der Waals surface area contributed by atoms with Gasteiger partial charge in [0.25, 0.3) is 5.56 Å². The summed E-state index contributed by atoms with van der Waals surface area (Å²) in [6, 6.07) is 18.4. The van der Waals surface area contributed by atoms with Crippen LogP contribution in [0.5, 0.6) is 5.75 Å². The molecule has 1 heterocycles. The zero-order chi connectivity index (χ0) is 19.1. The van der Waals surface area contributed by atoms with Gasteiger partial charge < -0.3 is 10.1 Å². The van der Waals surface area contributed by atoms with Gasteiger partial charge in [-0.2, -0.15) is 0 Å². The number of benzene rings is 2. The molecule has 1 amide bonds. The summed E-state index contributed by atoms with van der Waals surface area (Å²) in [6.07, 6.45) is 1.83. The lowest BCUT2D eigenvalue weighted by Gasteiger charge is -2.09. The molecule has 1 N–H and O–H groups in total. The molecular formula is C21H21N3O3. The highest BCUT2D eigenvalue weighted by Gasteiger charge is 2.05. The standard InChI is InChI=1S/C21H21N3O3/c1-27-18-9-7-17(8-10-18)19-14-21(26)24(15-23-19)12-11-22-20(25)13-16-5-3-2-4-6-16/h2-10,14-15H,11-13H2,1H3,(H,22,25). The molecule has 0 unspecified atom stereocenters. The summed E-state index contributed by atoms with van der Waals surface area (Å²) >= 11 is 0. The summed E-state index contributed by atoms with van der Waals surface area (Å²) in [7, 11) is 1.60. The van der Waals surface area contributed by atoms with Gasteiger partial charge in [0.1, 0.15) is 5.75 Å². The number of rotatable bonds is 7. The molecule has 0 aliphatic carbocycles. The van der Waals surface area contributed by atoms with E-state index in [9.17, 15) is 9.59 Å². The number of carbonyl (C=O) groups excluding carboxylic acids is 1. The Bertz CT molecular complexity index is 950. The van der Waals surface area contributed by atoms with Gasteiger partial charge in [0.2, 0.25) is 5.91 Å². The third-order valence-electron chi connectivity index (χ3n) is 4.15. The number of nitrogens with zero attached hydrogens (tertiary/aromatic N) is 2.